The van der Waals surface area contributed by atoms with E-state index in [4.69, 9.17) is 21.1 Å². The zero-order valence-electron chi connectivity index (χ0n) is 10.3. The number of ether oxygens (including phenoxy) is 2. The summed E-state index contributed by atoms with van der Waals surface area (Å²) in [7, 11) is 3.11. The number of rotatable bonds is 4. The first-order chi connectivity index (χ1) is 8.66. The molecule has 4 nitrogen and oxygen atoms in total. The molecule has 0 saturated heterocycles. The first kappa shape index (κ1) is 12.9. The van der Waals surface area contributed by atoms with Crippen molar-refractivity contribution in [2.24, 2.45) is 4.99 Å². The predicted molar refractivity (Wildman–Crippen MR) is 68.2 cm³/mol. The molecule has 0 spiro atoms. The van der Waals surface area contributed by atoms with Crippen LogP contribution in [0.2, 0.25) is 5.02 Å². The van der Waals surface area contributed by atoms with E-state index < -0.39 is 5.54 Å². The standard InChI is InChI=1S/C13H14ClNO3/c1-17-11-7-9(14)6-10(12(11)18-2)13(15-8-16)4-3-5-13/h6-7H,3-5H2,1-2H3. The van der Waals surface area contributed by atoms with Crippen molar-refractivity contribution in [2.45, 2.75) is 24.8 Å². The summed E-state index contributed by atoms with van der Waals surface area (Å²) < 4.78 is 10.6. The van der Waals surface area contributed by atoms with Gasteiger partial charge in [-0.25, -0.2) is 4.79 Å². The van der Waals surface area contributed by atoms with E-state index in [-0.39, 0.29) is 0 Å². The maximum atomic E-state index is 10.6. The smallest absolute Gasteiger partial charge is 0.235 e. The molecule has 1 saturated carbocycles. The van der Waals surface area contributed by atoms with Crippen LogP contribution in [0.5, 0.6) is 11.5 Å². The molecule has 0 radical (unpaired) electrons. The van der Waals surface area contributed by atoms with Crippen LogP contribution in [-0.4, -0.2) is 20.3 Å². The molecule has 1 aromatic carbocycles. The van der Waals surface area contributed by atoms with E-state index in [2.05, 4.69) is 4.99 Å². The van der Waals surface area contributed by atoms with E-state index in [1.54, 1.807) is 32.4 Å². The van der Waals surface area contributed by atoms with E-state index >= 15 is 0 Å². The molecule has 1 aliphatic rings. The highest BCUT2D eigenvalue weighted by Crippen LogP contribution is 2.51. The minimum Gasteiger partial charge on any atom is -0.493 e. The van der Waals surface area contributed by atoms with Crippen LogP contribution in [0.3, 0.4) is 0 Å². The maximum Gasteiger partial charge on any atom is 0.235 e. The second-order valence-electron chi connectivity index (χ2n) is 4.28. The van der Waals surface area contributed by atoms with Crippen molar-refractivity contribution in [3.63, 3.8) is 0 Å². The van der Waals surface area contributed by atoms with Crippen LogP contribution in [0.4, 0.5) is 0 Å². The average molecular weight is 268 g/mol. The fraction of sp³-hybridized carbons (Fsp3) is 0.462. The third kappa shape index (κ3) is 1.98. The van der Waals surface area contributed by atoms with E-state index in [1.807, 2.05) is 0 Å². The molecular weight excluding hydrogens is 254 g/mol. The Kier molecular flexibility index (Phi) is 3.60. The van der Waals surface area contributed by atoms with Crippen LogP contribution >= 0.6 is 11.6 Å². The summed E-state index contributed by atoms with van der Waals surface area (Å²) in [5.41, 5.74) is 0.245. The summed E-state index contributed by atoms with van der Waals surface area (Å²) in [5, 5.41) is 0.537. The van der Waals surface area contributed by atoms with Gasteiger partial charge in [-0.15, -0.1) is 0 Å². The second-order valence-corrected chi connectivity index (χ2v) is 4.71. The van der Waals surface area contributed by atoms with Gasteiger partial charge in [0.25, 0.3) is 0 Å². The van der Waals surface area contributed by atoms with Gasteiger partial charge in [-0.05, 0) is 25.3 Å². The highest BCUT2D eigenvalue weighted by molar-refractivity contribution is 6.30. The summed E-state index contributed by atoms with van der Waals surface area (Å²) in [5.74, 6) is 1.13. The number of methoxy groups -OCH3 is 2. The van der Waals surface area contributed by atoms with Gasteiger partial charge in [-0.1, -0.05) is 11.6 Å². The Labute approximate surface area is 111 Å². The highest BCUT2D eigenvalue weighted by atomic mass is 35.5. The molecule has 1 fully saturated rings. The number of nitrogens with zero attached hydrogens (tertiary/aromatic N) is 1. The van der Waals surface area contributed by atoms with Gasteiger partial charge in [-0.2, -0.15) is 4.99 Å². The molecule has 18 heavy (non-hydrogen) atoms. The average Bonchev–Trinajstić information content (AvgIpc) is 2.32. The Morgan fingerprint density at radius 3 is 2.50 bits per heavy atom. The van der Waals surface area contributed by atoms with Gasteiger partial charge in [0.05, 0.1) is 14.2 Å². The second kappa shape index (κ2) is 5.01. The van der Waals surface area contributed by atoms with Gasteiger partial charge in [0, 0.05) is 16.7 Å². The summed E-state index contributed by atoms with van der Waals surface area (Å²) in [6.45, 7) is 0. The first-order valence-corrected chi connectivity index (χ1v) is 6.05. The van der Waals surface area contributed by atoms with Crippen molar-refractivity contribution in [1.82, 2.24) is 0 Å². The molecule has 0 atom stereocenters. The minimum atomic E-state index is -0.550. The van der Waals surface area contributed by atoms with Gasteiger partial charge >= 0.3 is 0 Å². The number of carbonyl (C=O) groups excluding carboxylic acids is 1. The molecule has 96 valence electrons. The molecule has 5 heteroatoms. The molecule has 0 aromatic heterocycles. The largest absolute Gasteiger partial charge is 0.493 e. The summed E-state index contributed by atoms with van der Waals surface area (Å²) >= 11 is 6.07. The van der Waals surface area contributed by atoms with Gasteiger partial charge in [0.15, 0.2) is 11.5 Å². The zero-order chi connectivity index (χ0) is 13.2. The molecule has 0 N–H and O–H groups in total. The number of hydrogen-bond acceptors (Lipinski definition) is 4. The Bertz CT molecular complexity index is 505. The number of halogens is 1. The molecule has 0 aliphatic heterocycles. The Morgan fingerprint density at radius 2 is 2.06 bits per heavy atom. The maximum absolute atomic E-state index is 10.6. The third-order valence-electron chi connectivity index (χ3n) is 3.39. The van der Waals surface area contributed by atoms with Crippen LogP contribution < -0.4 is 9.47 Å². The topological polar surface area (TPSA) is 47.9 Å². The summed E-state index contributed by atoms with van der Waals surface area (Å²) in [6, 6.07) is 3.46. The predicted octanol–water partition coefficient (Wildman–Crippen LogP) is 3.07. The van der Waals surface area contributed by atoms with Crippen LogP contribution in [-0.2, 0) is 10.3 Å². The molecule has 0 bridgehead atoms. The lowest BCUT2D eigenvalue weighted by atomic mass is 9.72. The SMILES string of the molecule is COc1cc(Cl)cc(C2(N=C=O)CCC2)c1OC. The van der Waals surface area contributed by atoms with Crippen molar-refractivity contribution >= 4 is 17.7 Å². The van der Waals surface area contributed by atoms with E-state index in [0.29, 0.717) is 16.5 Å². The fourth-order valence-corrected chi connectivity index (χ4v) is 2.53. The lowest BCUT2D eigenvalue weighted by Gasteiger charge is -2.38. The van der Waals surface area contributed by atoms with Crippen molar-refractivity contribution in [3.05, 3.63) is 22.7 Å². The Morgan fingerprint density at radius 1 is 1.33 bits per heavy atom. The van der Waals surface area contributed by atoms with Crippen molar-refractivity contribution in [1.29, 1.82) is 0 Å². The molecule has 2 rings (SSSR count). The molecule has 0 amide bonds. The van der Waals surface area contributed by atoms with E-state index in [9.17, 15) is 4.79 Å². The van der Waals surface area contributed by atoms with Crippen LogP contribution in [0.25, 0.3) is 0 Å². The van der Waals surface area contributed by atoms with Gasteiger partial charge in [0.1, 0.15) is 5.54 Å². The van der Waals surface area contributed by atoms with Crippen LogP contribution in [0.1, 0.15) is 24.8 Å². The monoisotopic (exact) mass is 267 g/mol. The van der Waals surface area contributed by atoms with Gasteiger partial charge in [-0.3, -0.25) is 0 Å². The molecule has 1 aromatic rings. The number of aliphatic imine (C=N–C) groups is 1. The van der Waals surface area contributed by atoms with Crippen LogP contribution in [0.15, 0.2) is 17.1 Å². The molecule has 0 heterocycles. The van der Waals surface area contributed by atoms with E-state index in [0.717, 1.165) is 24.8 Å². The van der Waals surface area contributed by atoms with Gasteiger partial charge in [0.2, 0.25) is 6.08 Å². The Hall–Kier alpha value is -1.51. The molecule has 0 unspecified atom stereocenters. The number of benzene rings is 1. The minimum absolute atomic E-state index is 0.537. The normalized spacial score (nSPS) is 16.4. The van der Waals surface area contributed by atoms with Crippen molar-refractivity contribution < 1.29 is 14.3 Å². The highest BCUT2D eigenvalue weighted by Gasteiger charge is 2.42. The lowest BCUT2D eigenvalue weighted by molar-refractivity contribution is 0.242. The quantitative estimate of drug-likeness (QED) is 0.622. The first-order valence-electron chi connectivity index (χ1n) is 5.68. The molecule has 1 aliphatic carbocycles. The van der Waals surface area contributed by atoms with Crippen LogP contribution in [0, 0.1) is 0 Å². The Balaban J connectivity index is 2.61. The number of isocyanates is 1. The summed E-state index contributed by atoms with van der Waals surface area (Å²) in [6.07, 6.45) is 4.26. The van der Waals surface area contributed by atoms with Crippen molar-refractivity contribution in [3.8, 4) is 11.5 Å². The van der Waals surface area contributed by atoms with E-state index in [1.165, 1.54) is 0 Å². The molecular formula is C13H14ClNO3. The number of hydrogen-bond donors (Lipinski definition) is 0. The third-order valence-corrected chi connectivity index (χ3v) is 3.60. The zero-order valence-corrected chi connectivity index (χ0v) is 11.1. The van der Waals surface area contributed by atoms with Gasteiger partial charge < -0.3 is 9.47 Å². The lowest BCUT2D eigenvalue weighted by Crippen LogP contribution is -2.32. The summed E-state index contributed by atoms with van der Waals surface area (Å²) in [4.78, 5) is 14.6. The fourth-order valence-electron chi connectivity index (χ4n) is 2.32. The van der Waals surface area contributed by atoms with Crippen molar-refractivity contribution in [2.75, 3.05) is 14.2 Å².